The highest BCUT2D eigenvalue weighted by molar-refractivity contribution is 8.13. The van der Waals surface area contributed by atoms with Gasteiger partial charge in [-0.2, -0.15) is 0 Å². The predicted octanol–water partition coefficient (Wildman–Crippen LogP) is 1.97. The van der Waals surface area contributed by atoms with Gasteiger partial charge in [-0.1, -0.05) is 0 Å². The summed E-state index contributed by atoms with van der Waals surface area (Å²) in [5.74, 6) is -1.43. The highest BCUT2D eigenvalue weighted by Crippen LogP contribution is 2.22. The smallest absolute Gasteiger partial charge is 0.261 e. The third kappa shape index (κ3) is 3.93. The lowest BCUT2D eigenvalue weighted by atomic mass is 10.1. The van der Waals surface area contributed by atoms with Crippen molar-refractivity contribution in [3.63, 3.8) is 0 Å². The number of aryl methyl sites for hydroxylation is 1. The first-order chi connectivity index (χ1) is 9.79. The van der Waals surface area contributed by atoms with Gasteiger partial charge in [0.25, 0.3) is 15.0 Å². The molecule has 1 fully saturated rings. The van der Waals surface area contributed by atoms with Gasteiger partial charge in [0.15, 0.2) is 0 Å². The van der Waals surface area contributed by atoms with Gasteiger partial charge in [-0.3, -0.25) is 4.79 Å². The number of benzene rings is 1. The molecule has 1 aromatic carbocycles. The first-order valence-corrected chi connectivity index (χ1v) is 8.73. The zero-order valence-corrected chi connectivity index (χ0v) is 12.9. The lowest BCUT2D eigenvalue weighted by Crippen LogP contribution is -2.41. The maximum absolute atomic E-state index is 14.0. The molecule has 1 unspecified atom stereocenters. The lowest BCUT2D eigenvalue weighted by Gasteiger charge is -2.23. The molecule has 1 amide bonds. The van der Waals surface area contributed by atoms with Crippen LogP contribution in [0.3, 0.4) is 0 Å². The summed E-state index contributed by atoms with van der Waals surface area (Å²) >= 11 is 0. The molecule has 0 aromatic heterocycles. The second kappa shape index (κ2) is 6.29. The Balaban J connectivity index is 2.29. The van der Waals surface area contributed by atoms with Crippen LogP contribution in [-0.4, -0.2) is 33.6 Å². The number of carbonyl (C=O) groups is 1. The molecule has 1 aliphatic heterocycles. The van der Waals surface area contributed by atoms with Gasteiger partial charge in [0.2, 0.25) is 0 Å². The van der Waals surface area contributed by atoms with Crippen LogP contribution in [0.5, 0.6) is 0 Å². The van der Waals surface area contributed by atoms with Gasteiger partial charge >= 0.3 is 0 Å². The fraction of sp³-hybridized carbons (Fsp3) is 0.462. The van der Waals surface area contributed by atoms with Crippen LogP contribution in [0.2, 0.25) is 0 Å². The van der Waals surface area contributed by atoms with Crippen LogP contribution in [-0.2, 0) is 13.8 Å². The van der Waals surface area contributed by atoms with Crippen molar-refractivity contribution in [2.24, 2.45) is 0 Å². The minimum Gasteiger partial charge on any atom is -0.379 e. The van der Waals surface area contributed by atoms with Crippen LogP contribution in [0.1, 0.15) is 28.8 Å². The van der Waals surface area contributed by atoms with Crippen molar-refractivity contribution < 1.29 is 22.3 Å². The number of rotatable bonds is 3. The molecule has 116 valence electrons. The molecule has 0 radical (unpaired) electrons. The van der Waals surface area contributed by atoms with E-state index in [0.29, 0.717) is 13.2 Å². The molecule has 0 spiro atoms. The third-order valence-electron chi connectivity index (χ3n) is 3.25. The van der Waals surface area contributed by atoms with Crippen molar-refractivity contribution in [3.8, 4) is 0 Å². The van der Waals surface area contributed by atoms with E-state index in [1.807, 2.05) is 0 Å². The van der Waals surface area contributed by atoms with Crippen molar-refractivity contribution in [2.45, 2.75) is 30.7 Å². The normalized spacial score (nSPS) is 19.3. The molecular weight excluding hydrogens is 321 g/mol. The van der Waals surface area contributed by atoms with Crippen LogP contribution in [0, 0.1) is 12.7 Å². The van der Waals surface area contributed by atoms with Crippen LogP contribution in [0.25, 0.3) is 0 Å². The summed E-state index contributed by atoms with van der Waals surface area (Å²) in [7, 11) is 1.22. The van der Waals surface area contributed by atoms with Crippen molar-refractivity contribution in [2.75, 3.05) is 13.2 Å². The average Bonchev–Trinajstić information content (AvgIpc) is 2.41. The van der Waals surface area contributed by atoms with Crippen LogP contribution < -0.4 is 5.32 Å². The van der Waals surface area contributed by atoms with Crippen LogP contribution >= 0.6 is 10.7 Å². The fourth-order valence-electron chi connectivity index (χ4n) is 2.16. The molecule has 1 atom stereocenters. The molecule has 21 heavy (non-hydrogen) atoms. The van der Waals surface area contributed by atoms with E-state index < -0.39 is 20.8 Å². The standard InChI is InChI=1S/C13H15ClFNO4S/c1-8-5-10(21(14,18)19)6-11(12(8)15)13(17)16-9-3-2-4-20-7-9/h5-6,9H,2-4,7H2,1H3,(H,16,17). The van der Waals surface area contributed by atoms with Crippen molar-refractivity contribution in [1.29, 1.82) is 0 Å². The Bertz CT molecular complexity index is 656. The molecule has 1 aliphatic rings. The van der Waals surface area contributed by atoms with Crippen LogP contribution in [0.15, 0.2) is 17.0 Å². The fourth-order valence-corrected chi connectivity index (χ4v) is 3.00. The highest BCUT2D eigenvalue weighted by Gasteiger charge is 2.23. The zero-order valence-electron chi connectivity index (χ0n) is 11.4. The number of halogens is 2. The summed E-state index contributed by atoms with van der Waals surface area (Å²) in [6.45, 7) is 2.38. The van der Waals surface area contributed by atoms with E-state index in [-0.39, 0.29) is 22.1 Å². The van der Waals surface area contributed by atoms with E-state index in [0.717, 1.165) is 25.0 Å². The highest BCUT2D eigenvalue weighted by atomic mass is 35.7. The molecule has 0 bridgehead atoms. The first kappa shape index (κ1) is 16.2. The Kier molecular flexibility index (Phi) is 4.85. The number of nitrogens with one attached hydrogen (secondary N) is 1. The minimum atomic E-state index is -4.03. The second-order valence-corrected chi connectivity index (χ2v) is 7.49. The Morgan fingerprint density at radius 2 is 2.19 bits per heavy atom. The van der Waals surface area contributed by atoms with Crippen molar-refractivity contribution in [1.82, 2.24) is 5.32 Å². The van der Waals surface area contributed by atoms with Gasteiger partial charge in [0, 0.05) is 17.3 Å². The molecule has 8 heteroatoms. The summed E-state index contributed by atoms with van der Waals surface area (Å²) in [5.41, 5.74) is -0.290. The van der Waals surface area contributed by atoms with Gasteiger partial charge in [0.1, 0.15) is 5.82 Å². The predicted molar refractivity (Wildman–Crippen MR) is 75.5 cm³/mol. The van der Waals surface area contributed by atoms with Gasteiger partial charge in [-0.25, -0.2) is 12.8 Å². The molecule has 5 nitrogen and oxygen atoms in total. The number of ether oxygens (including phenoxy) is 1. The summed E-state index contributed by atoms with van der Waals surface area (Å²) in [6.07, 6.45) is 1.54. The summed E-state index contributed by atoms with van der Waals surface area (Å²) in [4.78, 5) is 11.8. The summed E-state index contributed by atoms with van der Waals surface area (Å²) in [5, 5.41) is 2.64. The lowest BCUT2D eigenvalue weighted by molar-refractivity contribution is 0.0622. The third-order valence-corrected chi connectivity index (χ3v) is 4.58. The Morgan fingerprint density at radius 3 is 2.76 bits per heavy atom. The van der Waals surface area contributed by atoms with Crippen molar-refractivity contribution in [3.05, 3.63) is 29.1 Å². The van der Waals surface area contributed by atoms with Crippen molar-refractivity contribution >= 4 is 25.6 Å². The van der Waals surface area contributed by atoms with E-state index in [1.54, 1.807) is 0 Å². The summed E-state index contributed by atoms with van der Waals surface area (Å²) < 4.78 is 42.0. The first-order valence-electron chi connectivity index (χ1n) is 6.42. The van der Waals surface area contributed by atoms with Gasteiger partial charge < -0.3 is 10.1 Å². The van der Waals surface area contributed by atoms with E-state index in [2.05, 4.69) is 5.32 Å². The topological polar surface area (TPSA) is 72.5 Å². The molecule has 1 saturated heterocycles. The molecule has 2 rings (SSSR count). The van der Waals surface area contributed by atoms with E-state index in [1.165, 1.54) is 6.92 Å². The number of hydrogen-bond donors (Lipinski definition) is 1. The van der Waals surface area contributed by atoms with E-state index >= 15 is 0 Å². The zero-order chi connectivity index (χ0) is 15.6. The Morgan fingerprint density at radius 1 is 1.48 bits per heavy atom. The summed E-state index contributed by atoms with van der Waals surface area (Å²) in [6, 6.07) is 1.84. The number of hydrogen-bond acceptors (Lipinski definition) is 4. The minimum absolute atomic E-state index is 0.0433. The number of amides is 1. The van der Waals surface area contributed by atoms with Gasteiger partial charge in [0.05, 0.1) is 23.1 Å². The molecule has 0 aliphatic carbocycles. The monoisotopic (exact) mass is 335 g/mol. The molecule has 1 N–H and O–H groups in total. The van der Waals surface area contributed by atoms with Gasteiger partial charge in [-0.05, 0) is 37.5 Å². The van der Waals surface area contributed by atoms with E-state index in [4.69, 9.17) is 15.4 Å². The maximum Gasteiger partial charge on any atom is 0.261 e. The Hall–Kier alpha value is -1.18. The quantitative estimate of drug-likeness (QED) is 0.857. The average molecular weight is 336 g/mol. The van der Waals surface area contributed by atoms with Gasteiger partial charge in [-0.15, -0.1) is 0 Å². The molecular formula is C13H15ClFNO4S. The SMILES string of the molecule is Cc1cc(S(=O)(=O)Cl)cc(C(=O)NC2CCCOC2)c1F. The molecule has 0 saturated carbocycles. The molecule has 1 aromatic rings. The second-order valence-electron chi connectivity index (χ2n) is 4.93. The van der Waals surface area contributed by atoms with E-state index in [9.17, 15) is 17.6 Å². The van der Waals surface area contributed by atoms with Crippen LogP contribution in [0.4, 0.5) is 4.39 Å². The Labute approximate surface area is 126 Å². The largest absolute Gasteiger partial charge is 0.379 e. The maximum atomic E-state index is 14.0. The number of carbonyl (C=O) groups excluding carboxylic acids is 1. The molecule has 1 heterocycles.